The second kappa shape index (κ2) is 6.23. The molecule has 0 aliphatic rings. The van der Waals surface area contributed by atoms with Crippen LogP contribution >= 0.6 is 11.6 Å². The molecule has 1 amide bonds. The van der Waals surface area contributed by atoms with Crippen molar-refractivity contribution in [3.63, 3.8) is 0 Å². The Morgan fingerprint density at radius 1 is 1.56 bits per heavy atom. The summed E-state index contributed by atoms with van der Waals surface area (Å²) in [5, 5.41) is 13.4. The van der Waals surface area contributed by atoms with Crippen LogP contribution in [0.1, 0.15) is 6.42 Å². The van der Waals surface area contributed by atoms with Gasteiger partial charge in [0.25, 0.3) is 0 Å². The van der Waals surface area contributed by atoms with Crippen molar-refractivity contribution < 1.29 is 25.2 Å². The molecule has 1 aromatic rings. The number of amides is 1. The summed E-state index contributed by atoms with van der Waals surface area (Å²) in [4.78, 5) is 22.0. The topological polar surface area (TPSA) is 106 Å². The van der Waals surface area contributed by atoms with Gasteiger partial charge in [0.05, 0.1) is 25.2 Å². The number of rotatable bonds is 5. The zero-order valence-corrected chi connectivity index (χ0v) is 10.5. The van der Waals surface area contributed by atoms with Crippen molar-refractivity contribution in [2.24, 2.45) is 0 Å². The maximum Gasteiger partial charge on any atom is 0.230 e. The maximum absolute atomic E-state index is 11.6. The SMILES string of the molecule is COc1ccc(Cl)cc1NC(=O)C[C@@H]([NH3+])C(=O)[O-]. The van der Waals surface area contributed by atoms with Gasteiger partial charge < -0.3 is 25.7 Å². The molecule has 7 heteroatoms. The Balaban J connectivity index is 2.75. The second-order valence-electron chi connectivity index (χ2n) is 3.61. The summed E-state index contributed by atoms with van der Waals surface area (Å²) >= 11 is 5.79. The molecule has 98 valence electrons. The molecular weight excluding hydrogens is 260 g/mol. The van der Waals surface area contributed by atoms with Gasteiger partial charge in [0.15, 0.2) is 0 Å². The first kappa shape index (κ1) is 14.3. The molecule has 0 radical (unpaired) electrons. The first-order valence-electron chi connectivity index (χ1n) is 5.11. The normalized spacial score (nSPS) is 11.7. The summed E-state index contributed by atoms with van der Waals surface area (Å²) in [6.45, 7) is 0. The van der Waals surface area contributed by atoms with Crippen LogP contribution in [-0.2, 0) is 9.59 Å². The number of ether oxygens (including phenoxy) is 1. The van der Waals surface area contributed by atoms with Gasteiger partial charge in [-0.05, 0) is 18.2 Å². The Labute approximate surface area is 109 Å². The van der Waals surface area contributed by atoms with E-state index in [2.05, 4.69) is 11.1 Å². The van der Waals surface area contributed by atoms with Gasteiger partial charge >= 0.3 is 0 Å². The highest BCUT2D eigenvalue weighted by atomic mass is 35.5. The lowest BCUT2D eigenvalue weighted by molar-refractivity contribution is -0.436. The van der Waals surface area contributed by atoms with Gasteiger partial charge in [-0.25, -0.2) is 0 Å². The lowest BCUT2D eigenvalue weighted by atomic mass is 10.2. The molecule has 0 saturated carbocycles. The number of carbonyl (C=O) groups is 2. The van der Waals surface area contributed by atoms with Crippen LogP contribution in [-0.4, -0.2) is 25.0 Å². The summed E-state index contributed by atoms with van der Waals surface area (Å²) in [5.41, 5.74) is 3.67. The van der Waals surface area contributed by atoms with Crippen molar-refractivity contribution in [3.05, 3.63) is 23.2 Å². The van der Waals surface area contributed by atoms with E-state index in [9.17, 15) is 14.7 Å². The molecule has 0 aliphatic heterocycles. The number of aliphatic carboxylic acids is 1. The molecule has 0 bridgehead atoms. The van der Waals surface area contributed by atoms with Crippen LogP contribution in [0.4, 0.5) is 5.69 Å². The van der Waals surface area contributed by atoms with E-state index in [1.54, 1.807) is 12.1 Å². The van der Waals surface area contributed by atoms with E-state index >= 15 is 0 Å². The van der Waals surface area contributed by atoms with Gasteiger partial charge in [-0.3, -0.25) is 4.79 Å². The van der Waals surface area contributed by atoms with Crippen molar-refractivity contribution in [2.45, 2.75) is 12.5 Å². The third kappa shape index (κ3) is 3.90. The predicted molar refractivity (Wildman–Crippen MR) is 62.9 cm³/mol. The lowest BCUT2D eigenvalue weighted by Gasteiger charge is -2.12. The monoisotopic (exact) mass is 272 g/mol. The Kier molecular flexibility index (Phi) is 4.94. The van der Waals surface area contributed by atoms with E-state index < -0.39 is 17.9 Å². The van der Waals surface area contributed by atoms with Gasteiger partial charge in [0.2, 0.25) is 5.91 Å². The number of methoxy groups -OCH3 is 1. The fourth-order valence-corrected chi connectivity index (χ4v) is 1.46. The molecule has 4 N–H and O–H groups in total. The Bertz CT molecular complexity index is 464. The third-order valence-electron chi connectivity index (χ3n) is 2.20. The van der Waals surface area contributed by atoms with Crippen molar-refractivity contribution >= 4 is 29.2 Å². The van der Waals surface area contributed by atoms with E-state index in [0.717, 1.165) is 0 Å². The highest BCUT2D eigenvalue weighted by molar-refractivity contribution is 6.31. The Hall–Kier alpha value is -1.79. The molecule has 0 fully saturated rings. The van der Waals surface area contributed by atoms with E-state index in [0.29, 0.717) is 16.5 Å². The molecule has 0 heterocycles. The van der Waals surface area contributed by atoms with Crippen molar-refractivity contribution in [1.82, 2.24) is 0 Å². The van der Waals surface area contributed by atoms with Crippen LogP contribution in [0.3, 0.4) is 0 Å². The Morgan fingerprint density at radius 2 is 2.22 bits per heavy atom. The van der Waals surface area contributed by atoms with Crippen LogP contribution in [0.2, 0.25) is 5.02 Å². The van der Waals surface area contributed by atoms with Crippen LogP contribution < -0.4 is 20.9 Å². The molecule has 0 unspecified atom stereocenters. The molecule has 0 aliphatic carbocycles. The molecule has 1 rings (SSSR count). The van der Waals surface area contributed by atoms with Crippen molar-refractivity contribution in [1.29, 1.82) is 0 Å². The third-order valence-corrected chi connectivity index (χ3v) is 2.44. The first-order valence-corrected chi connectivity index (χ1v) is 5.49. The van der Waals surface area contributed by atoms with Gasteiger partial charge in [-0.15, -0.1) is 0 Å². The van der Waals surface area contributed by atoms with Gasteiger partial charge in [-0.2, -0.15) is 0 Å². The zero-order valence-electron chi connectivity index (χ0n) is 9.73. The number of hydrogen-bond donors (Lipinski definition) is 2. The molecule has 18 heavy (non-hydrogen) atoms. The quantitative estimate of drug-likeness (QED) is 0.720. The molecule has 0 spiro atoms. The van der Waals surface area contributed by atoms with Crippen LogP contribution in [0, 0.1) is 0 Å². The van der Waals surface area contributed by atoms with Gasteiger partial charge in [-0.1, -0.05) is 11.6 Å². The summed E-state index contributed by atoms with van der Waals surface area (Å²) in [5.74, 6) is -1.44. The first-order chi connectivity index (χ1) is 8.43. The number of carboxylic acid groups (broad SMARTS) is 1. The van der Waals surface area contributed by atoms with E-state index in [1.165, 1.54) is 13.2 Å². The highest BCUT2D eigenvalue weighted by Gasteiger charge is 2.15. The maximum atomic E-state index is 11.6. The molecule has 1 aromatic carbocycles. The summed E-state index contributed by atoms with van der Waals surface area (Å²) in [6.07, 6.45) is -0.280. The van der Waals surface area contributed by atoms with Crippen LogP contribution in [0.5, 0.6) is 5.75 Å². The fourth-order valence-electron chi connectivity index (χ4n) is 1.29. The number of benzene rings is 1. The zero-order chi connectivity index (χ0) is 13.7. The summed E-state index contributed by atoms with van der Waals surface area (Å²) in [6, 6.07) is 3.62. The fraction of sp³-hybridized carbons (Fsp3) is 0.273. The standard InChI is InChI=1S/C11H13ClN2O4/c1-18-9-3-2-6(12)4-8(9)14-10(15)5-7(13)11(16)17/h2-4,7H,5,13H2,1H3,(H,14,15)(H,16,17)/t7-/m1/s1. The minimum absolute atomic E-state index is 0.280. The predicted octanol–water partition coefficient (Wildman–Crippen LogP) is -0.962. The van der Waals surface area contributed by atoms with Crippen LogP contribution in [0.15, 0.2) is 18.2 Å². The molecule has 0 saturated heterocycles. The minimum atomic E-state index is -1.37. The van der Waals surface area contributed by atoms with Crippen LogP contribution in [0.25, 0.3) is 0 Å². The largest absolute Gasteiger partial charge is 0.544 e. The Morgan fingerprint density at radius 3 is 2.78 bits per heavy atom. The number of halogens is 1. The van der Waals surface area contributed by atoms with E-state index in [1.807, 2.05) is 0 Å². The lowest BCUT2D eigenvalue weighted by Crippen LogP contribution is -2.69. The molecule has 6 nitrogen and oxygen atoms in total. The number of carboxylic acids is 1. The number of anilines is 1. The molecule has 1 atom stereocenters. The molecule has 0 aromatic heterocycles. The van der Waals surface area contributed by atoms with Gasteiger partial charge in [0, 0.05) is 5.02 Å². The average Bonchev–Trinajstić information content (AvgIpc) is 2.28. The second-order valence-corrected chi connectivity index (χ2v) is 4.05. The van der Waals surface area contributed by atoms with Crippen molar-refractivity contribution in [2.75, 3.05) is 12.4 Å². The number of nitrogens with one attached hydrogen (secondary N) is 1. The highest BCUT2D eigenvalue weighted by Crippen LogP contribution is 2.27. The number of carbonyl (C=O) groups excluding carboxylic acids is 2. The summed E-state index contributed by atoms with van der Waals surface area (Å²) in [7, 11) is 1.45. The minimum Gasteiger partial charge on any atom is -0.544 e. The van der Waals surface area contributed by atoms with Crippen molar-refractivity contribution in [3.8, 4) is 5.75 Å². The smallest absolute Gasteiger partial charge is 0.230 e. The van der Waals surface area contributed by atoms with E-state index in [4.69, 9.17) is 16.3 Å². The average molecular weight is 273 g/mol. The van der Waals surface area contributed by atoms with E-state index in [-0.39, 0.29) is 6.42 Å². The number of quaternary nitrogens is 1. The number of hydrogen-bond acceptors (Lipinski definition) is 4. The van der Waals surface area contributed by atoms with Gasteiger partial charge in [0.1, 0.15) is 11.8 Å². The molecular formula is C11H13ClN2O4. The summed E-state index contributed by atoms with van der Waals surface area (Å²) < 4.78 is 5.04.